The first kappa shape index (κ1) is 15.3. The average molecular weight is 355 g/mol. The first-order valence-electron chi connectivity index (χ1n) is 6.50. The van der Waals surface area contributed by atoms with Gasteiger partial charge in [0.2, 0.25) is 0 Å². The smallest absolute Gasteiger partial charge is 0.118 e. The molecule has 1 unspecified atom stereocenters. The van der Waals surface area contributed by atoms with Crippen LogP contribution >= 0.6 is 27.5 Å². The molecule has 1 aromatic heterocycles. The Morgan fingerprint density at radius 2 is 1.90 bits per heavy atom. The standard InChI is InChI=1S/C16H17BrClNO/c1-20-16-6-2-12(3-7-16)8-13(10-18)9-15-5-4-14(17)11-19-15/h2-7,11,13H,8-10H2,1H3. The van der Waals surface area contributed by atoms with Gasteiger partial charge in [-0.15, -0.1) is 11.6 Å². The molecule has 2 nitrogen and oxygen atoms in total. The maximum Gasteiger partial charge on any atom is 0.118 e. The van der Waals surface area contributed by atoms with Gasteiger partial charge in [0.05, 0.1) is 7.11 Å². The van der Waals surface area contributed by atoms with Gasteiger partial charge in [0.25, 0.3) is 0 Å². The molecule has 1 heterocycles. The fraction of sp³-hybridized carbons (Fsp3) is 0.312. The quantitative estimate of drug-likeness (QED) is 0.713. The predicted octanol–water partition coefficient (Wildman–Crippen LogP) is 4.49. The molecule has 2 rings (SSSR count). The van der Waals surface area contributed by atoms with E-state index in [1.165, 1.54) is 5.56 Å². The monoisotopic (exact) mass is 353 g/mol. The Kier molecular flexibility index (Phi) is 5.86. The van der Waals surface area contributed by atoms with Gasteiger partial charge >= 0.3 is 0 Å². The zero-order valence-corrected chi connectivity index (χ0v) is 13.7. The summed E-state index contributed by atoms with van der Waals surface area (Å²) in [6, 6.07) is 12.2. The summed E-state index contributed by atoms with van der Waals surface area (Å²) in [5.74, 6) is 1.90. The molecule has 0 fully saturated rings. The second kappa shape index (κ2) is 7.65. The molecule has 20 heavy (non-hydrogen) atoms. The summed E-state index contributed by atoms with van der Waals surface area (Å²) in [7, 11) is 1.68. The minimum Gasteiger partial charge on any atom is -0.497 e. The van der Waals surface area contributed by atoms with Gasteiger partial charge in [-0.25, -0.2) is 0 Å². The van der Waals surface area contributed by atoms with Crippen molar-refractivity contribution < 1.29 is 4.74 Å². The molecular formula is C16H17BrClNO. The maximum absolute atomic E-state index is 6.10. The number of alkyl halides is 1. The van der Waals surface area contributed by atoms with Crippen molar-refractivity contribution in [2.75, 3.05) is 13.0 Å². The summed E-state index contributed by atoms with van der Waals surface area (Å²) in [4.78, 5) is 4.41. The van der Waals surface area contributed by atoms with Crippen molar-refractivity contribution >= 4 is 27.5 Å². The molecule has 0 saturated carbocycles. The minimum absolute atomic E-state index is 0.388. The van der Waals surface area contributed by atoms with E-state index in [9.17, 15) is 0 Å². The van der Waals surface area contributed by atoms with Crippen LogP contribution in [0.4, 0.5) is 0 Å². The van der Waals surface area contributed by atoms with Crippen LogP contribution < -0.4 is 4.74 Å². The number of methoxy groups -OCH3 is 1. The molecule has 0 aliphatic heterocycles. The highest BCUT2D eigenvalue weighted by Crippen LogP contribution is 2.19. The molecule has 106 valence electrons. The molecule has 0 radical (unpaired) electrons. The number of pyridine rings is 1. The molecule has 4 heteroatoms. The van der Waals surface area contributed by atoms with Gasteiger partial charge in [0.1, 0.15) is 5.75 Å². The lowest BCUT2D eigenvalue weighted by Crippen LogP contribution is -2.11. The minimum atomic E-state index is 0.388. The number of nitrogens with zero attached hydrogens (tertiary/aromatic N) is 1. The number of benzene rings is 1. The third kappa shape index (κ3) is 4.50. The second-order valence-electron chi connectivity index (χ2n) is 4.74. The van der Waals surface area contributed by atoms with E-state index < -0.39 is 0 Å². The fourth-order valence-corrected chi connectivity index (χ4v) is 2.55. The van der Waals surface area contributed by atoms with Gasteiger partial charge in [-0.3, -0.25) is 4.98 Å². The molecule has 1 aromatic carbocycles. The van der Waals surface area contributed by atoms with E-state index in [1.54, 1.807) is 7.11 Å². The van der Waals surface area contributed by atoms with Crippen LogP contribution in [0.25, 0.3) is 0 Å². The van der Waals surface area contributed by atoms with Gasteiger partial charge in [0, 0.05) is 22.2 Å². The number of rotatable bonds is 6. The van der Waals surface area contributed by atoms with E-state index >= 15 is 0 Å². The SMILES string of the molecule is COc1ccc(CC(CCl)Cc2ccc(Br)cn2)cc1. The molecule has 0 spiro atoms. The summed E-state index contributed by atoms with van der Waals surface area (Å²) < 4.78 is 6.17. The molecule has 0 amide bonds. The molecule has 0 N–H and O–H groups in total. The van der Waals surface area contributed by atoms with Crippen LogP contribution in [0.15, 0.2) is 47.1 Å². The lowest BCUT2D eigenvalue weighted by atomic mass is 9.96. The van der Waals surface area contributed by atoms with E-state index in [2.05, 4.69) is 33.0 Å². The van der Waals surface area contributed by atoms with Gasteiger partial charge in [-0.2, -0.15) is 0 Å². The lowest BCUT2D eigenvalue weighted by Gasteiger charge is -2.14. The van der Waals surface area contributed by atoms with Crippen molar-refractivity contribution in [1.29, 1.82) is 0 Å². The van der Waals surface area contributed by atoms with Gasteiger partial charge in [0.15, 0.2) is 0 Å². The number of aromatic nitrogens is 1. The van der Waals surface area contributed by atoms with Crippen LogP contribution in [0.2, 0.25) is 0 Å². The Bertz CT molecular complexity index is 527. The van der Waals surface area contributed by atoms with Crippen LogP contribution in [-0.4, -0.2) is 18.0 Å². The van der Waals surface area contributed by atoms with E-state index in [0.29, 0.717) is 11.8 Å². The van der Waals surface area contributed by atoms with E-state index in [0.717, 1.165) is 28.8 Å². The highest BCUT2D eigenvalue weighted by molar-refractivity contribution is 9.10. The van der Waals surface area contributed by atoms with Crippen LogP contribution in [0.3, 0.4) is 0 Å². The number of ether oxygens (including phenoxy) is 1. The maximum atomic E-state index is 6.10. The molecule has 0 saturated heterocycles. The zero-order valence-electron chi connectivity index (χ0n) is 11.4. The number of hydrogen-bond acceptors (Lipinski definition) is 2. The van der Waals surface area contributed by atoms with Crippen LogP contribution in [-0.2, 0) is 12.8 Å². The van der Waals surface area contributed by atoms with E-state index in [-0.39, 0.29) is 0 Å². The first-order chi connectivity index (χ1) is 9.71. The van der Waals surface area contributed by atoms with Crippen molar-refractivity contribution in [2.24, 2.45) is 5.92 Å². The van der Waals surface area contributed by atoms with Gasteiger partial charge < -0.3 is 4.74 Å². The normalized spacial score (nSPS) is 12.2. The number of halogens is 2. The zero-order chi connectivity index (χ0) is 14.4. The Balaban J connectivity index is 1.99. The molecular weight excluding hydrogens is 338 g/mol. The summed E-state index contributed by atoms with van der Waals surface area (Å²) >= 11 is 9.49. The second-order valence-corrected chi connectivity index (χ2v) is 5.97. The Morgan fingerprint density at radius 3 is 2.45 bits per heavy atom. The first-order valence-corrected chi connectivity index (χ1v) is 7.83. The van der Waals surface area contributed by atoms with Crippen LogP contribution in [0, 0.1) is 5.92 Å². The highest BCUT2D eigenvalue weighted by atomic mass is 79.9. The summed E-state index contributed by atoms with van der Waals surface area (Å²) in [5, 5.41) is 0. The van der Waals surface area contributed by atoms with Gasteiger partial charge in [-0.1, -0.05) is 12.1 Å². The van der Waals surface area contributed by atoms with E-state index in [1.807, 2.05) is 30.5 Å². The molecule has 2 aromatic rings. The lowest BCUT2D eigenvalue weighted by molar-refractivity contribution is 0.414. The van der Waals surface area contributed by atoms with Crippen molar-refractivity contribution in [1.82, 2.24) is 4.98 Å². The molecule has 1 atom stereocenters. The third-order valence-corrected chi connectivity index (χ3v) is 4.09. The predicted molar refractivity (Wildman–Crippen MR) is 86.5 cm³/mol. The molecule has 0 aliphatic rings. The highest BCUT2D eigenvalue weighted by Gasteiger charge is 2.11. The Hall–Kier alpha value is -1.06. The van der Waals surface area contributed by atoms with Crippen LogP contribution in [0.5, 0.6) is 5.75 Å². The van der Waals surface area contributed by atoms with Crippen molar-refractivity contribution in [3.63, 3.8) is 0 Å². The topological polar surface area (TPSA) is 22.1 Å². The Morgan fingerprint density at radius 1 is 1.15 bits per heavy atom. The third-order valence-electron chi connectivity index (χ3n) is 3.19. The average Bonchev–Trinajstić information content (AvgIpc) is 2.49. The largest absolute Gasteiger partial charge is 0.497 e. The van der Waals surface area contributed by atoms with Crippen LogP contribution in [0.1, 0.15) is 11.3 Å². The van der Waals surface area contributed by atoms with E-state index in [4.69, 9.17) is 16.3 Å². The van der Waals surface area contributed by atoms with Gasteiger partial charge in [-0.05, 0) is 64.5 Å². The van der Waals surface area contributed by atoms with Crippen molar-refractivity contribution in [3.05, 3.63) is 58.3 Å². The summed E-state index contributed by atoms with van der Waals surface area (Å²) in [5.41, 5.74) is 2.35. The number of hydrogen-bond donors (Lipinski definition) is 0. The molecule has 0 aliphatic carbocycles. The summed E-state index contributed by atoms with van der Waals surface area (Å²) in [6.07, 6.45) is 3.67. The summed E-state index contributed by atoms with van der Waals surface area (Å²) in [6.45, 7) is 0. The van der Waals surface area contributed by atoms with Crippen molar-refractivity contribution in [2.45, 2.75) is 12.8 Å². The molecule has 0 bridgehead atoms. The van der Waals surface area contributed by atoms with Crippen molar-refractivity contribution in [3.8, 4) is 5.75 Å². The Labute approximate surface area is 133 Å². The fourth-order valence-electron chi connectivity index (χ4n) is 2.10.